The number of amides is 1. The maximum Gasteiger partial charge on any atom is 0.137 e. The molecule has 0 N–H and O–H groups in total. The number of aromatic nitrogens is 1. The van der Waals surface area contributed by atoms with Gasteiger partial charge in [0.1, 0.15) is 6.09 Å². The molecule has 2 atom stereocenters. The lowest BCUT2D eigenvalue weighted by Gasteiger charge is -2.40. The first-order valence-electron chi connectivity index (χ1n) is 13.3. The second-order valence-corrected chi connectivity index (χ2v) is 9.86. The molecule has 3 aromatic carbocycles. The average Bonchev–Trinajstić information content (AvgIpc) is 2.96. The molecule has 1 aromatic heterocycles. The van der Waals surface area contributed by atoms with Crippen molar-refractivity contribution in [3.05, 3.63) is 114 Å². The molecule has 1 aliphatic rings. The Morgan fingerprint density at radius 2 is 1.71 bits per heavy atom. The molecule has 0 radical (unpaired) electrons. The fourth-order valence-electron chi connectivity index (χ4n) is 5.13. The molecule has 0 saturated carbocycles. The lowest BCUT2D eigenvalue weighted by atomic mass is 9.86. The third-order valence-electron chi connectivity index (χ3n) is 7.23. The van der Waals surface area contributed by atoms with Crippen LogP contribution in [-0.2, 0) is 29.1 Å². The molecule has 5 rings (SSSR count). The highest BCUT2D eigenvalue weighted by molar-refractivity contribution is 5.82. The number of rotatable bonds is 10. The Morgan fingerprint density at radius 1 is 0.921 bits per heavy atom. The summed E-state index contributed by atoms with van der Waals surface area (Å²) < 4.78 is 12.1. The Morgan fingerprint density at radius 3 is 2.50 bits per heavy atom. The van der Waals surface area contributed by atoms with Crippen molar-refractivity contribution >= 4 is 16.9 Å². The predicted molar refractivity (Wildman–Crippen MR) is 146 cm³/mol. The van der Waals surface area contributed by atoms with Gasteiger partial charge in [-0.2, -0.15) is 0 Å². The first-order chi connectivity index (χ1) is 18.7. The summed E-state index contributed by atoms with van der Waals surface area (Å²) in [6.45, 7) is 2.42. The van der Waals surface area contributed by atoms with Crippen molar-refractivity contribution in [2.75, 3.05) is 19.7 Å². The second-order valence-electron chi connectivity index (χ2n) is 9.86. The van der Waals surface area contributed by atoms with Crippen LogP contribution in [-0.4, -0.2) is 41.8 Å². The quantitative estimate of drug-likeness (QED) is 0.278. The van der Waals surface area contributed by atoms with E-state index in [0.29, 0.717) is 39.3 Å². The minimum absolute atomic E-state index is 0.127. The van der Waals surface area contributed by atoms with E-state index in [-0.39, 0.29) is 12.0 Å². The minimum Gasteiger partial charge on any atom is -0.530 e. The molecular weight excluding hydrogens is 476 g/mol. The van der Waals surface area contributed by atoms with Gasteiger partial charge in [-0.05, 0) is 64.9 Å². The van der Waals surface area contributed by atoms with E-state index < -0.39 is 6.09 Å². The lowest BCUT2D eigenvalue weighted by Crippen LogP contribution is -2.51. The van der Waals surface area contributed by atoms with Crippen molar-refractivity contribution in [2.24, 2.45) is 0 Å². The molecule has 4 aromatic rings. The number of hydrogen-bond acceptors (Lipinski definition) is 5. The Labute approximate surface area is 223 Å². The normalized spacial score (nSPS) is 17.5. The summed E-state index contributed by atoms with van der Waals surface area (Å²) in [4.78, 5) is 17.2. The van der Waals surface area contributed by atoms with Crippen molar-refractivity contribution < 1.29 is 19.4 Å². The molecular formula is C32H33N2O4-. The fourth-order valence-corrected chi connectivity index (χ4v) is 5.13. The molecule has 1 saturated heterocycles. The van der Waals surface area contributed by atoms with E-state index in [9.17, 15) is 9.90 Å². The summed E-state index contributed by atoms with van der Waals surface area (Å²) in [5, 5.41) is 13.9. The molecule has 2 heterocycles. The van der Waals surface area contributed by atoms with Crippen LogP contribution < -0.4 is 5.11 Å². The van der Waals surface area contributed by atoms with E-state index in [1.54, 1.807) is 6.20 Å². The summed E-state index contributed by atoms with van der Waals surface area (Å²) in [6, 6.07) is 29.0. The Balaban J connectivity index is 1.17. The van der Waals surface area contributed by atoms with E-state index in [1.807, 2.05) is 30.3 Å². The van der Waals surface area contributed by atoms with Crippen molar-refractivity contribution in [3.63, 3.8) is 0 Å². The summed E-state index contributed by atoms with van der Waals surface area (Å²) in [5.41, 5.74) is 4.46. The number of nitrogens with zero attached hydrogens (tertiary/aromatic N) is 2. The molecule has 1 aliphatic heterocycles. The Bertz CT molecular complexity index is 1330. The summed E-state index contributed by atoms with van der Waals surface area (Å²) >= 11 is 0. The Hall–Kier alpha value is -3.74. The lowest BCUT2D eigenvalue weighted by molar-refractivity contribution is -0.268. The molecule has 196 valence electrons. The number of piperidine rings is 1. The number of aryl methyl sites for hydroxylation is 1. The van der Waals surface area contributed by atoms with Crippen molar-refractivity contribution in [1.82, 2.24) is 9.88 Å². The van der Waals surface area contributed by atoms with E-state index in [2.05, 4.69) is 59.6 Å². The van der Waals surface area contributed by atoms with Gasteiger partial charge >= 0.3 is 0 Å². The van der Waals surface area contributed by atoms with Gasteiger partial charge in [-0.25, -0.2) is 0 Å². The van der Waals surface area contributed by atoms with E-state index in [0.717, 1.165) is 24.1 Å². The predicted octanol–water partition coefficient (Wildman–Crippen LogP) is 5.10. The molecule has 2 unspecified atom stereocenters. The van der Waals surface area contributed by atoms with Crippen LogP contribution in [0.5, 0.6) is 0 Å². The molecule has 1 fully saturated rings. The van der Waals surface area contributed by atoms with Gasteiger partial charge in [-0.15, -0.1) is 0 Å². The standard InChI is InChI=1S/C32H34N2O4/c35-32(36)34-18-16-30(31(21-34)38-22-25-12-13-26-7-1-2-8-28(26)20-25)27-14-10-24(11-15-27)6-5-19-37-23-29-9-3-4-17-33-29/h1-4,7-15,17,20,30-31H,5-6,16,18-19,21-23H2,(H,35,36)/p-1. The van der Waals surface area contributed by atoms with Gasteiger partial charge in [0.05, 0.1) is 25.0 Å². The van der Waals surface area contributed by atoms with Gasteiger partial charge in [-0.1, -0.05) is 66.7 Å². The first-order valence-corrected chi connectivity index (χ1v) is 13.3. The van der Waals surface area contributed by atoms with Crippen LogP contribution in [0.4, 0.5) is 4.79 Å². The molecule has 1 amide bonds. The number of benzene rings is 3. The monoisotopic (exact) mass is 509 g/mol. The highest BCUT2D eigenvalue weighted by Gasteiger charge is 2.31. The zero-order chi connectivity index (χ0) is 26.2. The van der Waals surface area contributed by atoms with E-state index in [4.69, 9.17) is 9.47 Å². The maximum absolute atomic E-state index is 11.6. The number of pyridine rings is 1. The molecule has 6 heteroatoms. The minimum atomic E-state index is -1.14. The Kier molecular flexibility index (Phi) is 8.64. The number of carbonyl (C=O) groups excluding carboxylic acids is 1. The number of fused-ring (bicyclic) bond motifs is 1. The molecule has 6 nitrogen and oxygen atoms in total. The fraction of sp³-hybridized carbons (Fsp3) is 0.312. The smallest absolute Gasteiger partial charge is 0.137 e. The van der Waals surface area contributed by atoms with Crippen LogP contribution >= 0.6 is 0 Å². The van der Waals surface area contributed by atoms with Gasteiger partial charge in [0, 0.05) is 31.8 Å². The van der Waals surface area contributed by atoms with Gasteiger partial charge in [0.2, 0.25) is 0 Å². The molecule has 38 heavy (non-hydrogen) atoms. The van der Waals surface area contributed by atoms with Crippen LogP contribution in [0.3, 0.4) is 0 Å². The third-order valence-corrected chi connectivity index (χ3v) is 7.23. The van der Waals surface area contributed by atoms with Crippen molar-refractivity contribution in [3.8, 4) is 0 Å². The third kappa shape index (κ3) is 6.77. The van der Waals surface area contributed by atoms with Crippen LogP contribution in [0.1, 0.15) is 41.1 Å². The van der Waals surface area contributed by atoms with Crippen LogP contribution in [0.25, 0.3) is 10.8 Å². The zero-order valence-corrected chi connectivity index (χ0v) is 21.5. The number of carbonyl (C=O) groups is 1. The maximum atomic E-state index is 11.6. The number of carboxylic acid groups (broad SMARTS) is 1. The zero-order valence-electron chi connectivity index (χ0n) is 21.5. The second kappa shape index (κ2) is 12.7. The van der Waals surface area contributed by atoms with E-state index >= 15 is 0 Å². The molecule has 0 spiro atoms. The van der Waals surface area contributed by atoms with Crippen molar-refractivity contribution in [1.29, 1.82) is 0 Å². The van der Waals surface area contributed by atoms with Crippen LogP contribution in [0.15, 0.2) is 91.1 Å². The van der Waals surface area contributed by atoms with Gasteiger partial charge in [-0.3, -0.25) is 4.98 Å². The van der Waals surface area contributed by atoms with Gasteiger partial charge < -0.3 is 24.3 Å². The highest BCUT2D eigenvalue weighted by Crippen LogP contribution is 2.31. The SMILES string of the molecule is O=C([O-])N1CCC(c2ccc(CCCOCc3ccccn3)cc2)C(OCc2ccc3ccccc3c2)C1. The van der Waals surface area contributed by atoms with Crippen molar-refractivity contribution in [2.45, 2.75) is 44.5 Å². The highest BCUT2D eigenvalue weighted by atomic mass is 16.5. The average molecular weight is 510 g/mol. The first kappa shape index (κ1) is 25.9. The summed E-state index contributed by atoms with van der Waals surface area (Å²) in [6.07, 6.45) is 2.99. The number of ether oxygens (including phenoxy) is 2. The number of hydrogen-bond donors (Lipinski definition) is 0. The van der Waals surface area contributed by atoms with E-state index in [1.165, 1.54) is 26.8 Å². The molecule has 0 bridgehead atoms. The van der Waals surface area contributed by atoms with Gasteiger partial charge in [0.15, 0.2) is 0 Å². The van der Waals surface area contributed by atoms with Crippen LogP contribution in [0.2, 0.25) is 0 Å². The topological polar surface area (TPSA) is 74.7 Å². The largest absolute Gasteiger partial charge is 0.530 e. The molecule has 0 aliphatic carbocycles. The van der Waals surface area contributed by atoms with Gasteiger partial charge in [0.25, 0.3) is 0 Å². The number of likely N-dealkylation sites (tertiary alicyclic amines) is 1. The van der Waals surface area contributed by atoms with Crippen LogP contribution in [0, 0.1) is 0 Å². The summed E-state index contributed by atoms with van der Waals surface area (Å²) in [7, 11) is 0. The summed E-state index contributed by atoms with van der Waals surface area (Å²) in [5.74, 6) is 0.127.